The first-order chi connectivity index (χ1) is 8.22. The Bertz CT molecular complexity index is 369. The van der Waals surface area contributed by atoms with Crippen LogP contribution in [0.4, 0.5) is 5.69 Å². The van der Waals surface area contributed by atoms with Gasteiger partial charge in [-0.25, -0.2) is 0 Å². The van der Waals surface area contributed by atoms with Crippen molar-refractivity contribution in [3.8, 4) is 0 Å². The molecule has 0 saturated carbocycles. The summed E-state index contributed by atoms with van der Waals surface area (Å²) in [6.45, 7) is 3.70. The van der Waals surface area contributed by atoms with Crippen LogP contribution in [0.15, 0.2) is 18.3 Å². The lowest BCUT2D eigenvalue weighted by Crippen LogP contribution is -2.34. The molecule has 1 aromatic rings. The van der Waals surface area contributed by atoms with Crippen LogP contribution in [-0.2, 0) is 4.74 Å². The molecule has 1 amide bonds. The maximum atomic E-state index is 12.1. The number of ether oxygens (including phenoxy) is 1. The molecule has 17 heavy (non-hydrogen) atoms. The van der Waals surface area contributed by atoms with E-state index in [0.717, 1.165) is 5.69 Å². The molecule has 0 bridgehead atoms. The maximum Gasteiger partial charge on any atom is 0.272 e. The molecule has 5 heteroatoms. The lowest BCUT2D eigenvalue weighted by Gasteiger charge is -2.20. The fourth-order valence-electron chi connectivity index (χ4n) is 1.47. The Kier molecular flexibility index (Phi) is 5.42. The van der Waals surface area contributed by atoms with Crippen LogP contribution in [0.3, 0.4) is 0 Å². The zero-order valence-corrected chi connectivity index (χ0v) is 10.6. The van der Waals surface area contributed by atoms with Crippen LogP contribution in [0, 0.1) is 0 Å². The van der Waals surface area contributed by atoms with Crippen molar-refractivity contribution in [3.63, 3.8) is 0 Å². The molecule has 1 N–H and O–H groups in total. The number of rotatable bonds is 6. The van der Waals surface area contributed by atoms with E-state index in [1.54, 1.807) is 24.3 Å². The van der Waals surface area contributed by atoms with Crippen LogP contribution in [0.2, 0.25) is 0 Å². The summed E-state index contributed by atoms with van der Waals surface area (Å²) in [5, 5.41) is 2.99. The number of hydrogen-bond acceptors (Lipinski definition) is 4. The highest BCUT2D eigenvalue weighted by Gasteiger charge is 2.15. The number of nitrogens with one attached hydrogen (secondary N) is 1. The van der Waals surface area contributed by atoms with Gasteiger partial charge in [-0.1, -0.05) is 0 Å². The highest BCUT2D eigenvalue weighted by molar-refractivity contribution is 5.93. The van der Waals surface area contributed by atoms with Gasteiger partial charge in [-0.05, 0) is 19.1 Å². The predicted molar refractivity (Wildman–Crippen MR) is 67.2 cm³/mol. The van der Waals surface area contributed by atoms with Gasteiger partial charge in [0.05, 0.1) is 6.61 Å². The van der Waals surface area contributed by atoms with Crippen molar-refractivity contribution < 1.29 is 9.53 Å². The summed E-state index contributed by atoms with van der Waals surface area (Å²) in [6, 6.07) is 3.57. The third kappa shape index (κ3) is 3.71. The normalized spacial score (nSPS) is 10.1. The van der Waals surface area contributed by atoms with Crippen LogP contribution in [-0.4, -0.2) is 49.6 Å². The second-order valence-electron chi connectivity index (χ2n) is 3.56. The van der Waals surface area contributed by atoms with E-state index in [1.165, 1.54) is 0 Å². The average Bonchev–Trinajstić information content (AvgIpc) is 2.39. The molecule has 0 aliphatic carbocycles. The summed E-state index contributed by atoms with van der Waals surface area (Å²) in [6.07, 6.45) is 1.63. The van der Waals surface area contributed by atoms with E-state index in [9.17, 15) is 4.79 Å². The second kappa shape index (κ2) is 6.85. The monoisotopic (exact) mass is 237 g/mol. The third-order valence-electron chi connectivity index (χ3n) is 2.50. The molecule has 0 aliphatic heterocycles. The molecule has 5 nitrogen and oxygen atoms in total. The molecular formula is C12H19N3O2. The van der Waals surface area contributed by atoms with E-state index in [0.29, 0.717) is 25.4 Å². The summed E-state index contributed by atoms with van der Waals surface area (Å²) in [5.41, 5.74) is 1.33. The summed E-state index contributed by atoms with van der Waals surface area (Å²) >= 11 is 0. The number of aromatic nitrogens is 1. The standard InChI is InChI=1S/C12H19N3O2/c1-4-15(7-8-17-3)12(16)11-9-10(13-2)5-6-14-11/h5-6,9H,4,7-8H2,1-3H3,(H,13,14). The Balaban J connectivity index is 2.78. The van der Waals surface area contributed by atoms with Gasteiger partial charge in [0, 0.05) is 39.1 Å². The quantitative estimate of drug-likeness (QED) is 0.808. The van der Waals surface area contributed by atoms with Crippen LogP contribution in [0.25, 0.3) is 0 Å². The highest BCUT2D eigenvalue weighted by atomic mass is 16.5. The fraction of sp³-hybridized carbons (Fsp3) is 0.500. The summed E-state index contributed by atoms with van der Waals surface area (Å²) in [5.74, 6) is -0.0679. The molecule has 0 aliphatic rings. The summed E-state index contributed by atoms with van der Waals surface area (Å²) < 4.78 is 4.98. The minimum Gasteiger partial charge on any atom is -0.388 e. The van der Waals surface area contributed by atoms with Crippen LogP contribution < -0.4 is 5.32 Å². The Morgan fingerprint density at radius 3 is 2.94 bits per heavy atom. The van der Waals surface area contributed by atoms with E-state index in [-0.39, 0.29) is 5.91 Å². The molecule has 1 rings (SSSR count). The van der Waals surface area contributed by atoms with Crippen molar-refractivity contribution in [1.82, 2.24) is 9.88 Å². The molecule has 94 valence electrons. The van der Waals surface area contributed by atoms with Crippen LogP contribution >= 0.6 is 0 Å². The van der Waals surface area contributed by atoms with Crippen molar-refractivity contribution in [3.05, 3.63) is 24.0 Å². The Morgan fingerprint density at radius 1 is 1.59 bits per heavy atom. The molecule has 0 fully saturated rings. The number of amides is 1. The fourth-order valence-corrected chi connectivity index (χ4v) is 1.47. The number of nitrogens with zero attached hydrogens (tertiary/aromatic N) is 2. The first kappa shape index (κ1) is 13.4. The maximum absolute atomic E-state index is 12.1. The molecule has 0 aromatic carbocycles. The van der Waals surface area contributed by atoms with Crippen molar-refractivity contribution in [1.29, 1.82) is 0 Å². The molecule has 0 unspecified atom stereocenters. The number of carbonyl (C=O) groups excluding carboxylic acids is 1. The third-order valence-corrected chi connectivity index (χ3v) is 2.50. The number of hydrogen-bond donors (Lipinski definition) is 1. The zero-order chi connectivity index (χ0) is 12.7. The predicted octanol–water partition coefficient (Wildman–Crippen LogP) is 1.23. The van der Waals surface area contributed by atoms with E-state index < -0.39 is 0 Å². The van der Waals surface area contributed by atoms with Crippen molar-refractivity contribution in [2.24, 2.45) is 0 Å². The molecule has 0 spiro atoms. The van der Waals surface area contributed by atoms with Crippen molar-refractivity contribution >= 4 is 11.6 Å². The van der Waals surface area contributed by atoms with Gasteiger partial charge in [0.2, 0.25) is 0 Å². The lowest BCUT2D eigenvalue weighted by molar-refractivity contribution is 0.0701. The topological polar surface area (TPSA) is 54.5 Å². The van der Waals surface area contributed by atoms with Gasteiger partial charge in [-0.3, -0.25) is 9.78 Å². The van der Waals surface area contributed by atoms with E-state index in [4.69, 9.17) is 4.74 Å². The minimum atomic E-state index is -0.0679. The van der Waals surface area contributed by atoms with Gasteiger partial charge in [-0.2, -0.15) is 0 Å². The van der Waals surface area contributed by atoms with Crippen LogP contribution in [0.5, 0.6) is 0 Å². The minimum absolute atomic E-state index is 0.0679. The van der Waals surface area contributed by atoms with E-state index in [1.807, 2.05) is 20.0 Å². The largest absolute Gasteiger partial charge is 0.388 e. The van der Waals surface area contributed by atoms with Crippen LogP contribution in [0.1, 0.15) is 17.4 Å². The van der Waals surface area contributed by atoms with E-state index >= 15 is 0 Å². The lowest BCUT2D eigenvalue weighted by atomic mass is 10.3. The Morgan fingerprint density at radius 2 is 2.35 bits per heavy atom. The highest BCUT2D eigenvalue weighted by Crippen LogP contribution is 2.09. The molecule has 0 saturated heterocycles. The Hall–Kier alpha value is -1.62. The summed E-state index contributed by atoms with van der Waals surface area (Å²) in [4.78, 5) is 17.9. The second-order valence-corrected chi connectivity index (χ2v) is 3.56. The van der Waals surface area contributed by atoms with Gasteiger partial charge < -0.3 is 15.0 Å². The number of likely N-dealkylation sites (N-methyl/N-ethyl adjacent to an activating group) is 1. The van der Waals surface area contributed by atoms with Crippen molar-refractivity contribution in [2.75, 3.05) is 39.2 Å². The SMILES string of the molecule is CCN(CCOC)C(=O)c1cc(NC)ccn1. The van der Waals surface area contributed by atoms with Gasteiger partial charge in [0.25, 0.3) is 5.91 Å². The molecule has 1 aromatic heterocycles. The van der Waals surface area contributed by atoms with Gasteiger partial charge in [0.1, 0.15) is 5.69 Å². The zero-order valence-electron chi connectivity index (χ0n) is 10.6. The first-order valence-corrected chi connectivity index (χ1v) is 5.65. The molecule has 0 atom stereocenters. The van der Waals surface area contributed by atoms with E-state index in [2.05, 4.69) is 10.3 Å². The molecule has 0 radical (unpaired) electrons. The summed E-state index contributed by atoms with van der Waals surface area (Å²) in [7, 11) is 3.43. The molecule has 1 heterocycles. The van der Waals surface area contributed by atoms with Gasteiger partial charge in [-0.15, -0.1) is 0 Å². The first-order valence-electron chi connectivity index (χ1n) is 5.65. The average molecular weight is 237 g/mol. The van der Waals surface area contributed by atoms with Crippen molar-refractivity contribution in [2.45, 2.75) is 6.92 Å². The Labute approximate surface area is 102 Å². The number of carbonyl (C=O) groups is 1. The number of methoxy groups -OCH3 is 1. The smallest absolute Gasteiger partial charge is 0.272 e. The number of pyridine rings is 1. The number of anilines is 1. The van der Waals surface area contributed by atoms with Gasteiger partial charge >= 0.3 is 0 Å². The molecular weight excluding hydrogens is 218 g/mol. The van der Waals surface area contributed by atoms with Gasteiger partial charge in [0.15, 0.2) is 0 Å².